The Balaban J connectivity index is 1.84. The van der Waals surface area contributed by atoms with Crippen LogP contribution in [0, 0.1) is 6.92 Å². The monoisotopic (exact) mass is 411 g/mol. The van der Waals surface area contributed by atoms with Gasteiger partial charge < -0.3 is 9.64 Å². The Kier molecular flexibility index (Phi) is 5.71. The van der Waals surface area contributed by atoms with Gasteiger partial charge in [0.05, 0.1) is 29.4 Å². The van der Waals surface area contributed by atoms with Crippen LogP contribution in [0.25, 0.3) is 5.57 Å². The van der Waals surface area contributed by atoms with E-state index in [1.165, 1.54) is 12.7 Å². The molecule has 0 radical (unpaired) electrons. The molecule has 0 unspecified atom stereocenters. The van der Waals surface area contributed by atoms with E-state index < -0.39 is 0 Å². The summed E-state index contributed by atoms with van der Waals surface area (Å²) in [7, 11) is 3.59. The number of fused-ring (bicyclic) bond motifs is 1. The predicted octanol–water partition coefficient (Wildman–Crippen LogP) is 5.05. The average molecular weight is 412 g/mol. The summed E-state index contributed by atoms with van der Waals surface area (Å²) in [4.78, 5) is 14.7. The van der Waals surface area contributed by atoms with Crippen molar-refractivity contribution in [3.63, 3.8) is 0 Å². The lowest BCUT2D eigenvalue weighted by atomic mass is 9.88. The third-order valence-corrected chi connectivity index (χ3v) is 5.63. The second-order valence-corrected chi connectivity index (χ2v) is 8.24. The third kappa shape index (κ3) is 4.15. The molecule has 1 N–H and O–H groups in total. The third-order valence-electron chi connectivity index (χ3n) is 5.31. The first-order chi connectivity index (χ1) is 13.6. The van der Waals surface area contributed by atoms with Crippen molar-refractivity contribution < 1.29 is 9.53 Å². The smallest absolute Gasteiger partial charge is 0.275 e. The van der Waals surface area contributed by atoms with Crippen LogP contribution in [0.15, 0.2) is 41.5 Å². The molecule has 1 aliphatic heterocycles. The lowest BCUT2D eigenvalue weighted by Gasteiger charge is -2.40. The van der Waals surface area contributed by atoms with E-state index in [2.05, 4.69) is 49.3 Å². The van der Waals surface area contributed by atoms with Crippen molar-refractivity contribution in [1.82, 2.24) is 5.43 Å². The molecule has 1 heterocycles. The Hall–Kier alpha value is -2.79. The van der Waals surface area contributed by atoms with E-state index >= 15 is 0 Å². The Labute approximate surface area is 177 Å². The summed E-state index contributed by atoms with van der Waals surface area (Å²) in [5, 5.41) is 4.68. The number of anilines is 1. The topological polar surface area (TPSA) is 53.9 Å². The molecule has 2 aromatic rings. The molecule has 152 valence electrons. The fraction of sp³-hybridized carbons (Fsp3) is 0.304. The maximum atomic E-state index is 12.5. The molecule has 0 saturated heterocycles. The zero-order chi connectivity index (χ0) is 21.3. The van der Waals surface area contributed by atoms with Crippen molar-refractivity contribution in [2.75, 3.05) is 19.1 Å². The van der Waals surface area contributed by atoms with Gasteiger partial charge in [0.1, 0.15) is 5.75 Å². The van der Waals surface area contributed by atoms with Crippen LogP contribution in [0.3, 0.4) is 0 Å². The first-order valence-electron chi connectivity index (χ1n) is 9.39. The Morgan fingerprint density at radius 1 is 1.24 bits per heavy atom. The zero-order valence-corrected chi connectivity index (χ0v) is 18.4. The van der Waals surface area contributed by atoms with Gasteiger partial charge in [-0.3, -0.25) is 4.79 Å². The maximum absolute atomic E-state index is 12.5. The number of hydrazone groups is 1. The van der Waals surface area contributed by atoms with Gasteiger partial charge in [0.15, 0.2) is 0 Å². The molecular formula is C23H26ClN3O2. The molecule has 0 aromatic heterocycles. The number of amides is 1. The van der Waals surface area contributed by atoms with Gasteiger partial charge in [0, 0.05) is 23.9 Å². The molecule has 0 spiro atoms. The second kappa shape index (κ2) is 7.91. The van der Waals surface area contributed by atoms with Crippen LogP contribution < -0.4 is 15.1 Å². The first-order valence-corrected chi connectivity index (χ1v) is 9.77. The molecule has 5 nitrogen and oxygen atoms in total. The number of rotatable bonds is 4. The first kappa shape index (κ1) is 20.9. The number of hydrogen-bond acceptors (Lipinski definition) is 4. The number of carbonyl (C=O) groups is 1. The molecule has 2 aromatic carbocycles. The summed E-state index contributed by atoms with van der Waals surface area (Å²) in [5.74, 6) is 0.167. The van der Waals surface area contributed by atoms with E-state index in [-0.39, 0.29) is 11.4 Å². The second-order valence-electron chi connectivity index (χ2n) is 7.83. The van der Waals surface area contributed by atoms with E-state index in [4.69, 9.17) is 16.3 Å². The van der Waals surface area contributed by atoms with Crippen molar-refractivity contribution in [1.29, 1.82) is 0 Å². The van der Waals surface area contributed by atoms with E-state index in [0.717, 1.165) is 22.4 Å². The number of hydrogen-bond donors (Lipinski definition) is 1. The Bertz CT molecular complexity index is 1030. The fourth-order valence-electron chi connectivity index (χ4n) is 3.49. The highest BCUT2D eigenvalue weighted by Crippen LogP contribution is 2.40. The normalized spacial score (nSPS) is 15.1. The molecule has 0 aliphatic carbocycles. The van der Waals surface area contributed by atoms with Crippen LogP contribution in [-0.4, -0.2) is 31.8 Å². The average Bonchev–Trinajstić information content (AvgIpc) is 2.66. The number of nitrogens with zero attached hydrogens (tertiary/aromatic N) is 2. The van der Waals surface area contributed by atoms with Crippen LogP contribution in [-0.2, 0) is 0 Å². The molecule has 1 aliphatic rings. The molecule has 0 fully saturated rings. The zero-order valence-electron chi connectivity index (χ0n) is 17.6. The van der Waals surface area contributed by atoms with Gasteiger partial charge in [-0.15, -0.1) is 0 Å². The summed E-state index contributed by atoms with van der Waals surface area (Å²) in [6.45, 7) is 8.36. The van der Waals surface area contributed by atoms with Gasteiger partial charge in [-0.25, -0.2) is 5.43 Å². The van der Waals surface area contributed by atoms with Gasteiger partial charge in [0.25, 0.3) is 5.91 Å². The quantitative estimate of drug-likeness (QED) is 0.565. The Morgan fingerprint density at radius 2 is 1.97 bits per heavy atom. The molecule has 0 saturated carbocycles. The molecular weight excluding hydrogens is 386 g/mol. The number of benzene rings is 2. The number of aryl methyl sites for hydroxylation is 1. The highest BCUT2D eigenvalue weighted by atomic mass is 35.5. The summed E-state index contributed by atoms with van der Waals surface area (Å²) < 4.78 is 5.29. The summed E-state index contributed by atoms with van der Waals surface area (Å²) in [6.07, 6.45) is 3.80. The van der Waals surface area contributed by atoms with Gasteiger partial charge in [-0.05, 0) is 63.1 Å². The summed E-state index contributed by atoms with van der Waals surface area (Å²) in [5.41, 5.74) is 8.00. The molecule has 6 heteroatoms. The van der Waals surface area contributed by atoms with Crippen molar-refractivity contribution >= 4 is 35.0 Å². The van der Waals surface area contributed by atoms with E-state index in [1.807, 2.05) is 31.2 Å². The minimum atomic E-state index is -0.343. The molecule has 0 atom stereocenters. The van der Waals surface area contributed by atoms with Crippen LogP contribution in [0.5, 0.6) is 5.75 Å². The van der Waals surface area contributed by atoms with Crippen molar-refractivity contribution in [3.05, 3.63) is 63.7 Å². The lowest BCUT2D eigenvalue weighted by molar-refractivity contribution is 0.0952. The molecule has 0 bridgehead atoms. The largest absolute Gasteiger partial charge is 0.496 e. The van der Waals surface area contributed by atoms with Crippen LogP contribution in [0.1, 0.15) is 47.8 Å². The number of halogens is 1. The fourth-order valence-corrected chi connectivity index (χ4v) is 3.70. The molecule has 1 amide bonds. The number of ether oxygens (including phenoxy) is 1. The number of carbonyl (C=O) groups excluding carboxylic acids is 1. The van der Waals surface area contributed by atoms with E-state index in [1.54, 1.807) is 12.3 Å². The highest BCUT2D eigenvalue weighted by Gasteiger charge is 2.29. The van der Waals surface area contributed by atoms with Crippen molar-refractivity contribution in [3.8, 4) is 5.75 Å². The SMILES string of the molecule is COc1cc(C)ccc1C(=O)N/N=C\c1cc2c(cc1Cl)N(C)C(C)(C)C=C2C. The van der Waals surface area contributed by atoms with Crippen LogP contribution in [0.2, 0.25) is 5.02 Å². The number of likely N-dealkylation sites (N-methyl/N-ethyl adjacent to an activating group) is 1. The predicted molar refractivity (Wildman–Crippen MR) is 120 cm³/mol. The maximum Gasteiger partial charge on any atom is 0.275 e. The van der Waals surface area contributed by atoms with Crippen LogP contribution in [0.4, 0.5) is 5.69 Å². The molecule has 29 heavy (non-hydrogen) atoms. The number of allylic oxidation sites excluding steroid dienone is 1. The lowest BCUT2D eigenvalue weighted by Crippen LogP contribution is -2.42. The van der Waals surface area contributed by atoms with Gasteiger partial charge in [-0.2, -0.15) is 5.10 Å². The standard InChI is InChI=1S/C23H26ClN3O2/c1-14-7-8-17(21(9-14)29-6)22(28)26-25-13-16-10-18-15(2)12-23(3,4)27(5)20(18)11-19(16)24/h7-13H,1-6H3,(H,26,28)/b25-13-. The highest BCUT2D eigenvalue weighted by molar-refractivity contribution is 6.33. The summed E-state index contributed by atoms with van der Waals surface area (Å²) >= 11 is 6.49. The van der Waals surface area contributed by atoms with Gasteiger partial charge in [0.2, 0.25) is 0 Å². The van der Waals surface area contributed by atoms with Crippen molar-refractivity contribution in [2.24, 2.45) is 5.10 Å². The summed E-state index contributed by atoms with van der Waals surface area (Å²) in [6, 6.07) is 9.33. The van der Waals surface area contributed by atoms with Crippen LogP contribution >= 0.6 is 11.6 Å². The van der Waals surface area contributed by atoms with Gasteiger partial charge >= 0.3 is 0 Å². The number of nitrogens with one attached hydrogen (secondary N) is 1. The van der Waals surface area contributed by atoms with E-state index in [9.17, 15) is 4.79 Å². The van der Waals surface area contributed by atoms with Crippen molar-refractivity contribution in [2.45, 2.75) is 33.2 Å². The number of methoxy groups -OCH3 is 1. The molecule has 3 rings (SSSR count). The minimum absolute atomic E-state index is 0.0862. The van der Waals surface area contributed by atoms with E-state index in [0.29, 0.717) is 16.3 Å². The Morgan fingerprint density at radius 3 is 2.66 bits per heavy atom. The minimum Gasteiger partial charge on any atom is -0.496 e. The van der Waals surface area contributed by atoms with Gasteiger partial charge in [-0.1, -0.05) is 23.7 Å².